The molecule has 0 N–H and O–H groups in total. The van der Waals surface area contributed by atoms with Crippen LogP contribution in [0.15, 0.2) is 24.3 Å². The molecule has 0 aromatic rings. The van der Waals surface area contributed by atoms with E-state index in [2.05, 4.69) is 16.1 Å². The Balaban J connectivity index is 2.97. The molecule has 98 valence electrons. The third kappa shape index (κ3) is 2.85. The average molecular weight is 252 g/mol. The van der Waals surface area contributed by atoms with Crippen LogP contribution in [-0.2, 0) is 23.9 Å². The van der Waals surface area contributed by atoms with Crippen molar-refractivity contribution in [3.63, 3.8) is 0 Å². The quantitative estimate of drug-likeness (QED) is 0.552. The Kier molecular flexibility index (Phi) is 4.83. The highest BCUT2D eigenvalue weighted by atomic mass is 16.5. The SMILES string of the molecule is C=CC(=O)C1=CC[C@H](C(=O)OC)[C@@H](C(=O)OC)C1. The number of ether oxygens (including phenoxy) is 2. The first-order chi connectivity index (χ1) is 8.54. The zero-order valence-electron chi connectivity index (χ0n) is 10.5. The predicted octanol–water partition coefficient (Wildman–Crippen LogP) is 1.04. The molecule has 5 heteroatoms. The molecule has 0 heterocycles. The number of hydrogen-bond acceptors (Lipinski definition) is 5. The van der Waals surface area contributed by atoms with Gasteiger partial charge in [-0.05, 0) is 24.5 Å². The van der Waals surface area contributed by atoms with E-state index in [0.29, 0.717) is 12.0 Å². The standard InChI is InChI=1S/C13H16O5/c1-4-11(14)8-5-6-9(12(15)17-2)10(7-8)13(16)18-3/h4-5,9-10H,1,6-7H2,2-3H3/t9-,10-/m0/s1. The minimum atomic E-state index is -0.675. The fourth-order valence-corrected chi connectivity index (χ4v) is 2.04. The molecule has 18 heavy (non-hydrogen) atoms. The summed E-state index contributed by atoms with van der Waals surface area (Å²) in [4.78, 5) is 34.8. The maximum absolute atomic E-state index is 11.7. The smallest absolute Gasteiger partial charge is 0.309 e. The van der Waals surface area contributed by atoms with Crippen LogP contribution >= 0.6 is 0 Å². The molecule has 1 aliphatic rings. The van der Waals surface area contributed by atoms with Gasteiger partial charge in [0.05, 0.1) is 26.1 Å². The van der Waals surface area contributed by atoms with E-state index in [1.54, 1.807) is 6.08 Å². The van der Waals surface area contributed by atoms with Crippen LogP contribution in [0.4, 0.5) is 0 Å². The van der Waals surface area contributed by atoms with Gasteiger partial charge >= 0.3 is 11.9 Å². The number of allylic oxidation sites excluding steroid dienone is 3. The summed E-state index contributed by atoms with van der Waals surface area (Å²) in [6.07, 6.45) is 3.32. The van der Waals surface area contributed by atoms with Gasteiger partial charge in [0.1, 0.15) is 0 Å². The number of ketones is 1. The van der Waals surface area contributed by atoms with Gasteiger partial charge in [-0.2, -0.15) is 0 Å². The summed E-state index contributed by atoms with van der Waals surface area (Å²) in [6.45, 7) is 3.40. The van der Waals surface area contributed by atoms with E-state index in [9.17, 15) is 14.4 Å². The monoisotopic (exact) mass is 252 g/mol. The van der Waals surface area contributed by atoms with E-state index in [0.717, 1.165) is 0 Å². The van der Waals surface area contributed by atoms with E-state index in [1.807, 2.05) is 0 Å². The number of carbonyl (C=O) groups excluding carboxylic acids is 3. The second kappa shape index (κ2) is 6.14. The van der Waals surface area contributed by atoms with Gasteiger partial charge < -0.3 is 9.47 Å². The maximum Gasteiger partial charge on any atom is 0.309 e. The molecular formula is C13H16O5. The first-order valence-corrected chi connectivity index (χ1v) is 5.56. The van der Waals surface area contributed by atoms with Gasteiger partial charge in [-0.1, -0.05) is 12.7 Å². The summed E-state index contributed by atoms with van der Waals surface area (Å²) in [6, 6.07) is 0. The Morgan fingerprint density at radius 2 is 1.78 bits per heavy atom. The van der Waals surface area contributed by atoms with Gasteiger partial charge in [0.15, 0.2) is 5.78 Å². The third-order valence-electron chi connectivity index (χ3n) is 3.05. The Morgan fingerprint density at radius 3 is 2.28 bits per heavy atom. The molecule has 1 aliphatic carbocycles. The summed E-state index contributed by atoms with van der Waals surface area (Å²) in [5, 5.41) is 0. The van der Waals surface area contributed by atoms with Gasteiger partial charge in [-0.25, -0.2) is 0 Å². The topological polar surface area (TPSA) is 69.7 Å². The molecule has 1 rings (SSSR count). The molecule has 0 aliphatic heterocycles. The van der Waals surface area contributed by atoms with Gasteiger partial charge in [-0.15, -0.1) is 0 Å². The summed E-state index contributed by atoms with van der Waals surface area (Å²) in [7, 11) is 2.52. The van der Waals surface area contributed by atoms with Crippen molar-refractivity contribution in [3.05, 3.63) is 24.3 Å². The Labute approximate surface area is 105 Å². The highest BCUT2D eigenvalue weighted by molar-refractivity contribution is 6.04. The second-order valence-corrected chi connectivity index (χ2v) is 4.00. The third-order valence-corrected chi connectivity index (χ3v) is 3.05. The molecule has 5 nitrogen and oxygen atoms in total. The molecule has 0 radical (unpaired) electrons. The predicted molar refractivity (Wildman–Crippen MR) is 63.5 cm³/mol. The van der Waals surface area contributed by atoms with Crippen molar-refractivity contribution in [1.82, 2.24) is 0 Å². The Hall–Kier alpha value is -1.91. The molecule has 2 atom stereocenters. The molecule has 0 saturated carbocycles. The lowest BCUT2D eigenvalue weighted by Crippen LogP contribution is -2.34. The van der Waals surface area contributed by atoms with Crippen LogP contribution < -0.4 is 0 Å². The lowest BCUT2D eigenvalue weighted by atomic mass is 9.78. The molecule has 0 aromatic heterocycles. The van der Waals surface area contributed by atoms with Crippen molar-refractivity contribution >= 4 is 17.7 Å². The van der Waals surface area contributed by atoms with Crippen molar-refractivity contribution in [2.45, 2.75) is 12.8 Å². The molecule has 0 aromatic carbocycles. The lowest BCUT2D eigenvalue weighted by Gasteiger charge is -2.26. The van der Waals surface area contributed by atoms with Gasteiger partial charge in [0, 0.05) is 0 Å². The zero-order chi connectivity index (χ0) is 13.7. The maximum atomic E-state index is 11.7. The van der Waals surface area contributed by atoms with Crippen LogP contribution in [0.5, 0.6) is 0 Å². The number of hydrogen-bond donors (Lipinski definition) is 0. The van der Waals surface area contributed by atoms with Gasteiger partial charge in [-0.3, -0.25) is 14.4 Å². The minimum absolute atomic E-state index is 0.178. The van der Waals surface area contributed by atoms with Crippen molar-refractivity contribution in [2.24, 2.45) is 11.8 Å². The number of rotatable bonds is 4. The van der Waals surface area contributed by atoms with E-state index >= 15 is 0 Å². The molecule has 0 amide bonds. The normalized spacial score (nSPS) is 22.7. The first-order valence-electron chi connectivity index (χ1n) is 5.56. The summed E-state index contributed by atoms with van der Waals surface area (Å²) in [5.41, 5.74) is 0.487. The van der Waals surface area contributed by atoms with Crippen LogP contribution in [0, 0.1) is 11.8 Å². The zero-order valence-corrected chi connectivity index (χ0v) is 10.5. The average Bonchev–Trinajstić information content (AvgIpc) is 2.43. The molecule has 0 bridgehead atoms. The largest absolute Gasteiger partial charge is 0.469 e. The molecular weight excluding hydrogens is 236 g/mol. The van der Waals surface area contributed by atoms with E-state index in [1.165, 1.54) is 20.3 Å². The number of methoxy groups -OCH3 is 2. The fourth-order valence-electron chi connectivity index (χ4n) is 2.04. The van der Waals surface area contributed by atoms with E-state index < -0.39 is 23.8 Å². The van der Waals surface area contributed by atoms with E-state index in [4.69, 9.17) is 0 Å². The second-order valence-electron chi connectivity index (χ2n) is 4.00. The van der Waals surface area contributed by atoms with E-state index in [-0.39, 0.29) is 12.2 Å². The number of esters is 2. The van der Waals surface area contributed by atoms with Gasteiger partial charge in [0.25, 0.3) is 0 Å². The first kappa shape index (κ1) is 14.2. The van der Waals surface area contributed by atoms with Crippen LogP contribution in [0.2, 0.25) is 0 Å². The molecule has 0 unspecified atom stereocenters. The van der Waals surface area contributed by atoms with Crippen molar-refractivity contribution in [2.75, 3.05) is 14.2 Å². The molecule has 0 fully saturated rings. The van der Waals surface area contributed by atoms with Crippen molar-refractivity contribution in [3.8, 4) is 0 Å². The summed E-state index contributed by atoms with van der Waals surface area (Å²) < 4.78 is 9.32. The van der Waals surface area contributed by atoms with Crippen LogP contribution in [0.3, 0.4) is 0 Å². The minimum Gasteiger partial charge on any atom is -0.469 e. The Morgan fingerprint density at radius 1 is 1.22 bits per heavy atom. The fraction of sp³-hybridized carbons (Fsp3) is 0.462. The van der Waals surface area contributed by atoms with Crippen molar-refractivity contribution in [1.29, 1.82) is 0 Å². The highest BCUT2D eigenvalue weighted by Gasteiger charge is 2.38. The summed E-state index contributed by atoms with van der Waals surface area (Å²) >= 11 is 0. The molecule has 0 spiro atoms. The van der Waals surface area contributed by atoms with Crippen LogP contribution in [0.1, 0.15) is 12.8 Å². The van der Waals surface area contributed by atoms with Crippen molar-refractivity contribution < 1.29 is 23.9 Å². The number of carbonyl (C=O) groups is 3. The van der Waals surface area contributed by atoms with Gasteiger partial charge in [0.2, 0.25) is 0 Å². The lowest BCUT2D eigenvalue weighted by molar-refractivity contribution is -0.157. The molecule has 0 saturated heterocycles. The summed E-state index contributed by atoms with van der Waals surface area (Å²) in [5.74, 6) is -2.47. The highest BCUT2D eigenvalue weighted by Crippen LogP contribution is 2.32. The van der Waals surface area contributed by atoms with Crippen LogP contribution in [-0.4, -0.2) is 31.9 Å². The Bertz CT molecular complexity index is 408. The van der Waals surface area contributed by atoms with Crippen LogP contribution in [0.25, 0.3) is 0 Å².